The second-order valence-electron chi connectivity index (χ2n) is 2.41. The summed E-state index contributed by atoms with van der Waals surface area (Å²) in [5.74, 6) is 0. The highest BCUT2D eigenvalue weighted by molar-refractivity contribution is 9.11. The molecule has 0 fully saturated rings. The van der Waals surface area contributed by atoms with Crippen molar-refractivity contribution in [3.05, 3.63) is 9.98 Å². The first-order valence-electron chi connectivity index (χ1n) is 3.84. The molecular formula is C7H7BrClN3O2S. The van der Waals surface area contributed by atoms with Crippen molar-refractivity contribution in [3.8, 4) is 0 Å². The highest BCUT2D eigenvalue weighted by Crippen LogP contribution is 2.23. The lowest BCUT2D eigenvalue weighted by Crippen LogP contribution is -2.35. The van der Waals surface area contributed by atoms with Gasteiger partial charge in [0.15, 0.2) is 5.13 Å². The van der Waals surface area contributed by atoms with E-state index in [1.54, 1.807) is 6.20 Å². The molecule has 5 nitrogen and oxygen atoms in total. The number of hydrogen-bond acceptors (Lipinski definition) is 4. The highest BCUT2D eigenvalue weighted by atomic mass is 79.9. The van der Waals surface area contributed by atoms with Crippen molar-refractivity contribution in [2.75, 3.05) is 17.9 Å². The maximum atomic E-state index is 11.5. The van der Waals surface area contributed by atoms with Crippen LogP contribution in [0.15, 0.2) is 9.98 Å². The molecule has 0 aromatic carbocycles. The quantitative estimate of drug-likeness (QED) is 0.526. The summed E-state index contributed by atoms with van der Waals surface area (Å²) in [6.45, 7) is -0.0398. The zero-order chi connectivity index (χ0) is 11.3. The van der Waals surface area contributed by atoms with E-state index in [0.29, 0.717) is 11.4 Å². The minimum Gasteiger partial charge on any atom is -0.304 e. The van der Waals surface area contributed by atoms with Gasteiger partial charge in [-0.2, -0.15) is 0 Å². The maximum Gasteiger partial charge on any atom is 0.325 e. The Morgan fingerprint density at radius 2 is 2.53 bits per heavy atom. The van der Waals surface area contributed by atoms with Gasteiger partial charge in [-0.05, 0) is 15.9 Å². The number of nitrogens with zero attached hydrogens (tertiary/aromatic N) is 2. The number of anilines is 1. The molecule has 0 saturated heterocycles. The summed E-state index contributed by atoms with van der Waals surface area (Å²) < 4.78 is 0.811. The molecule has 0 unspecified atom stereocenters. The van der Waals surface area contributed by atoms with E-state index < -0.39 is 6.03 Å². The van der Waals surface area contributed by atoms with Gasteiger partial charge in [-0.25, -0.2) is 9.78 Å². The summed E-state index contributed by atoms with van der Waals surface area (Å²) in [6, 6.07) is -0.490. The molecule has 2 amide bonds. The number of carbonyl (C=O) groups is 2. The van der Waals surface area contributed by atoms with Gasteiger partial charge in [-0.15, -0.1) is 11.6 Å². The lowest BCUT2D eigenvalue weighted by atomic mass is 10.6. The first-order chi connectivity index (χ1) is 7.17. The molecule has 1 heterocycles. The summed E-state index contributed by atoms with van der Waals surface area (Å²) in [4.78, 5) is 26.8. The van der Waals surface area contributed by atoms with Crippen molar-refractivity contribution in [2.45, 2.75) is 0 Å². The molecule has 0 aliphatic rings. The van der Waals surface area contributed by atoms with E-state index in [2.05, 4.69) is 26.2 Å². The summed E-state index contributed by atoms with van der Waals surface area (Å²) in [5, 5.41) is 2.97. The smallest absolute Gasteiger partial charge is 0.304 e. The lowest BCUT2D eigenvalue weighted by molar-refractivity contribution is -0.108. The number of halogens is 2. The van der Waals surface area contributed by atoms with Crippen molar-refractivity contribution in [1.82, 2.24) is 9.88 Å². The SMILES string of the molecule is O=CCN(CCl)C(=O)Nc1ncc(Br)s1. The average Bonchev–Trinajstić information content (AvgIpc) is 2.60. The Morgan fingerprint density at radius 3 is 3.00 bits per heavy atom. The predicted molar refractivity (Wildman–Crippen MR) is 62.3 cm³/mol. The summed E-state index contributed by atoms with van der Waals surface area (Å²) in [6.07, 6.45) is 2.19. The molecule has 15 heavy (non-hydrogen) atoms. The van der Waals surface area contributed by atoms with Crippen LogP contribution in [0, 0.1) is 0 Å². The fourth-order valence-electron chi connectivity index (χ4n) is 0.759. The molecule has 0 aliphatic heterocycles. The first-order valence-corrected chi connectivity index (χ1v) is 5.98. The standard InChI is InChI=1S/C7H7BrClN3O2S/c8-5-3-10-6(15-5)11-7(14)12(4-9)1-2-13/h2-3H,1,4H2,(H,10,11,14). The largest absolute Gasteiger partial charge is 0.325 e. The molecule has 1 N–H and O–H groups in total. The molecule has 1 aromatic heterocycles. The number of nitrogens with one attached hydrogen (secondary N) is 1. The van der Waals surface area contributed by atoms with E-state index in [9.17, 15) is 9.59 Å². The van der Waals surface area contributed by atoms with E-state index in [1.807, 2.05) is 0 Å². The van der Waals surface area contributed by atoms with Crippen LogP contribution in [0.5, 0.6) is 0 Å². The number of thiazole rings is 1. The molecule has 1 rings (SSSR count). The highest BCUT2D eigenvalue weighted by Gasteiger charge is 2.13. The average molecular weight is 313 g/mol. The fraction of sp³-hybridized carbons (Fsp3) is 0.286. The number of aromatic nitrogens is 1. The van der Waals surface area contributed by atoms with Gasteiger partial charge in [0.2, 0.25) is 0 Å². The van der Waals surface area contributed by atoms with Crippen LogP contribution in [-0.4, -0.2) is 34.7 Å². The van der Waals surface area contributed by atoms with Gasteiger partial charge >= 0.3 is 6.03 Å². The summed E-state index contributed by atoms with van der Waals surface area (Å²) in [7, 11) is 0. The number of amides is 2. The number of carbonyl (C=O) groups excluding carboxylic acids is 2. The van der Waals surface area contributed by atoms with Crippen molar-refractivity contribution in [3.63, 3.8) is 0 Å². The molecule has 0 atom stereocenters. The van der Waals surface area contributed by atoms with E-state index in [4.69, 9.17) is 11.6 Å². The monoisotopic (exact) mass is 311 g/mol. The van der Waals surface area contributed by atoms with E-state index in [1.165, 1.54) is 11.3 Å². The molecule has 8 heteroatoms. The Kier molecular flexibility index (Phi) is 5.00. The molecular weight excluding hydrogens is 306 g/mol. The molecule has 0 spiro atoms. The predicted octanol–water partition coefficient (Wildman–Crippen LogP) is 2.13. The fourth-order valence-corrected chi connectivity index (χ4v) is 2.06. The minimum absolute atomic E-state index is 0.0398. The van der Waals surface area contributed by atoms with Crippen molar-refractivity contribution in [1.29, 1.82) is 0 Å². The van der Waals surface area contributed by atoms with Gasteiger partial charge in [0, 0.05) is 0 Å². The van der Waals surface area contributed by atoms with Crippen LogP contribution >= 0.6 is 38.9 Å². The Morgan fingerprint density at radius 1 is 1.80 bits per heavy atom. The molecule has 1 aromatic rings. The number of hydrogen-bond donors (Lipinski definition) is 1. The topological polar surface area (TPSA) is 62.3 Å². The lowest BCUT2D eigenvalue weighted by Gasteiger charge is -2.15. The van der Waals surface area contributed by atoms with Gasteiger partial charge in [0.1, 0.15) is 6.29 Å². The third-order valence-corrected chi connectivity index (χ3v) is 3.10. The van der Waals surface area contributed by atoms with Crippen LogP contribution in [0.25, 0.3) is 0 Å². The van der Waals surface area contributed by atoms with Gasteiger partial charge < -0.3 is 9.69 Å². The van der Waals surface area contributed by atoms with Gasteiger partial charge in [-0.1, -0.05) is 11.3 Å². The number of urea groups is 1. The Bertz CT molecular complexity index is 360. The minimum atomic E-state index is -0.445. The normalized spacial score (nSPS) is 9.73. The second-order valence-corrected chi connectivity index (χ2v) is 5.06. The van der Waals surface area contributed by atoms with E-state index >= 15 is 0 Å². The van der Waals surface area contributed by atoms with E-state index in [-0.39, 0.29) is 12.5 Å². The van der Waals surface area contributed by atoms with Crippen molar-refractivity contribution in [2.24, 2.45) is 0 Å². The van der Waals surface area contributed by atoms with Crippen LogP contribution in [-0.2, 0) is 4.79 Å². The van der Waals surface area contributed by atoms with Crippen LogP contribution in [0.1, 0.15) is 0 Å². The van der Waals surface area contributed by atoms with Gasteiger partial charge in [0.25, 0.3) is 0 Å². The summed E-state index contributed by atoms with van der Waals surface area (Å²) >= 11 is 9.99. The molecule has 0 bridgehead atoms. The third-order valence-electron chi connectivity index (χ3n) is 1.42. The van der Waals surface area contributed by atoms with Crippen molar-refractivity contribution >= 4 is 56.3 Å². The molecule has 0 aliphatic carbocycles. The summed E-state index contributed by atoms with van der Waals surface area (Å²) in [5.41, 5.74) is 0. The Balaban J connectivity index is 2.57. The number of alkyl halides is 1. The Hall–Kier alpha value is -0.660. The number of rotatable bonds is 4. The van der Waals surface area contributed by atoms with Crippen LogP contribution in [0.3, 0.4) is 0 Å². The zero-order valence-electron chi connectivity index (χ0n) is 7.44. The maximum absolute atomic E-state index is 11.5. The molecule has 0 saturated carbocycles. The molecule has 0 radical (unpaired) electrons. The first kappa shape index (κ1) is 12.4. The van der Waals surface area contributed by atoms with Gasteiger partial charge in [-0.3, -0.25) is 5.32 Å². The zero-order valence-corrected chi connectivity index (χ0v) is 10.6. The molecule has 82 valence electrons. The third kappa shape index (κ3) is 3.77. The van der Waals surface area contributed by atoms with Crippen molar-refractivity contribution < 1.29 is 9.59 Å². The van der Waals surface area contributed by atoms with Crippen LogP contribution < -0.4 is 5.32 Å². The van der Waals surface area contributed by atoms with E-state index in [0.717, 1.165) is 8.69 Å². The van der Waals surface area contributed by atoms with Crippen LogP contribution in [0.4, 0.5) is 9.93 Å². The Labute approximate surface area is 104 Å². The van der Waals surface area contributed by atoms with Crippen LogP contribution in [0.2, 0.25) is 0 Å². The number of aldehydes is 1. The second kappa shape index (κ2) is 6.04. The van der Waals surface area contributed by atoms with Gasteiger partial charge in [0.05, 0.1) is 22.5 Å².